The SMILES string of the molecule is CCNC(=O)N1CC(C(=O)NCCOC)CCC1c1cccc(C)c1. The molecule has 6 nitrogen and oxygen atoms in total. The zero-order chi connectivity index (χ0) is 18.2. The van der Waals surface area contributed by atoms with Crippen LogP contribution in [0.15, 0.2) is 24.3 Å². The number of benzene rings is 1. The Labute approximate surface area is 149 Å². The van der Waals surface area contributed by atoms with Crippen molar-refractivity contribution in [3.05, 3.63) is 35.4 Å². The maximum atomic E-state index is 12.6. The van der Waals surface area contributed by atoms with Crippen LogP contribution in [0.25, 0.3) is 0 Å². The standard InChI is InChI=1S/C19H29N3O3/c1-4-20-19(24)22-13-16(18(23)21-10-11-25-3)8-9-17(22)15-7-5-6-14(2)12-15/h5-7,12,16-17H,4,8-11,13H2,1-3H3,(H,20,24)(H,21,23). The van der Waals surface area contributed by atoms with Gasteiger partial charge >= 0.3 is 6.03 Å². The first-order valence-corrected chi connectivity index (χ1v) is 8.94. The highest BCUT2D eigenvalue weighted by Gasteiger charge is 2.35. The third-order valence-corrected chi connectivity index (χ3v) is 4.57. The highest BCUT2D eigenvalue weighted by atomic mass is 16.5. The van der Waals surface area contributed by atoms with Crippen LogP contribution >= 0.6 is 0 Å². The van der Waals surface area contributed by atoms with Gasteiger partial charge in [0, 0.05) is 26.7 Å². The summed E-state index contributed by atoms with van der Waals surface area (Å²) in [5, 5.41) is 5.76. The van der Waals surface area contributed by atoms with E-state index >= 15 is 0 Å². The minimum atomic E-state index is -0.180. The molecule has 25 heavy (non-hydrogen) atoms. The van der Waals surface area contributed by atoms with Gasteiger partial charge in [0.15, 0.2) is 0 Å². The summed E-state index contributed by atoms with van der Waals surface area (Å²) in [6, 6.07) is 8.15. The fourth-order valence-corrected chi connectivity index (χ4v) is 3.31. The van der Waals surface area contributed by atoms with Crippen molar-refractivity contribution in [3.8, 4) is 0 Å². The molecular formula is C19H29N3O3. The largest absolute Gasteiger partial charge is 0.383 e. The molecule has 0 aromatic heterocycles. The average Bonchev–Trinajstić information content (AvgIpc) is 2.61. The molecular weight excluding hydrogens is 318 g/mol. The molecule has 2 unspecified atom stereocenters. The Balaban J connectivity index is 2.12. The van der Waals surface area contributed by atoms with Crippen LogP contribution in [-0.2, 0) is 9.53 Å². The molecule has 1 aromatic rings. The topological polar surface area (TPSA) is 70.7 Å². The molecule has 2 rings (SSSR count). The van der Waals surface area contributed by atoms with E-state index in [-0.39, 0.29) is 23.9 Å². The van der Waals surface area contributed by atoms with Gasteiger partial charge in [0.2, 0.25) is 5.91 Å². The third-order valence-electron chi connectivity index (χ3n) is 4.57. The molecule has 6 heteroatoms. The number of hydrogen-bond donors (Lipinski definition) is 2. The van der Waals surface area contributed by atoms with Gasteiger partial charge < -0.3 is 20.3 Å². The summed E-state index contributed by atoms with van der Waals surface area (Å²) >= 11 is 0. The number of methoxy groups -OCH3 is 1. The first-order chi connectivity index (χ1) is 12.1. The molecule has 1 aromatic carbocycles. The monoisotopic (exact) mass is 347 g/mol. The lowest BCUT2D eigenvalue weighted by atomic mass is 9.88. The predicted molar refractivity (Wildman–Crippen MR) is 97.3 cm³/mol. The molecule has 0 spiro atoms. The number of hydrogen-bond acceptors (Lipinski definition) is 3. The fourth-order valence-electron chi connectivity index (χ4n) is 3.31. The zero-order valence-electron chi connectivity index (χ0n) is 15.4. The van der Waals surface area contributed by atoms with Crippen LogP contribution < -0.4 is 10.6 Å². The van der Waals surface area contributed by atoms with Crippen LogP contribution in [0.2, 0.25) is 0 Å². The Morgan fingerprint density at radius 2 is 2.08 bits per heavy atom. The summed E-state index contributed by atoms with van der Waals surface area (Å²) in [7, 11) is 1.61. The summed E-state index contributed by atoms with van der Waals surface area (Å²) in [5.41, 5.74) is 2.30. The molecule has 0 bridgehead atoms. The molecule has 1 aliphatic heterocycles. The number of piperidine rings is 1. The van der Waals surface area contributed by atoms with E-state index in [0.717, 1.165) is 18.4 Å². The first kappa shape index (κ1) is 19.2. The van der Waals surface area contributed by atoms with Gasteiger partial charge in [-0.2, -0.15) is 0 Å². The van der Waals surface area contributed by atoms with Gasteiger partial charge in [-0.25, -0.2) is 4.79 Å². The Morgan fingerprint density at radius 3 is 2.76 bits per heavy atom. The molecule has 2 N–H and O–H groups in total. The van der Waals surface area contributed by atoms with Crippen molar-refractivity contribution in [2.75, 3.05) is 33.4 Å². The Kier molecular flexibility index (Phi) is 7.25. The summed E-state index contributed by atoms with van der Waals surface area (Å²) in [5.74, 6) is -0.186. The quantitative estimate of drug-likeness (QED) is 0.775. The molecule has 3 amide bonds. The number of rotatable bonds is 6. The number of carbonyl (C=O) groups excluding carboxylic acids is 2. The van der Waals surface area contributed by atoms with Crippen LogP contribution in [0.3, 0.4) is 0 Å². The molecule has 1 saturated heterocycles. The molecule has 0 radical (unpaired) electrons. The van der Waals surface area contributed by atoms with Gasteiger partial charge in [-0.05, 0) is 32.3 Å². The van der Waals surface area contributed by atoms with Crippen LogP contribution in [0.1, 0.15) is 36.9 Å². The normalized spacial score (nSPS) is 20.2. The van der Waals surface area contributed by atoms with Gasteiger partial charge in [-0.3, -0.25) is 4.79 Å². The second kappa shape index (κ2) is 9.42. The van der Waals surface area contributed by atoms with Gasteiger partial charge in [-0.1, -0.05) is 29.8 Å². The van der Waals surface area contributed by atoms with Crippen LogP contribution in [0, 0.1) is 12.8 Å². The highest BCUT2D eigenvalue weighted by molar-refractivity contribution is 5.81. The minimum absolute atomic E-state index is 0.00552. The Morgan fingerprint density at radius 1 is 1.28 bits per heavy atom. The van der Waals surface area contributed by atoms with Gasteiger partial charge in [0.25, 0.3) is 0 Å². The molecule has 1 heterocycles. The van der Waals surface area contributed by atoms with Gasteiger partial charge in [-0.15, -0.1) is 0 Å². The summed E-state index contributed by atoms with van der Waals surface area (Å²) in [4.78, 5) is 26.7. The van der Waals surface area contributed by atoms with Crippen molar-refractivity contribution in [3.63, 3.8) is 0 Å². The van der Waals surface area contributed by atoms with Gasteiger partial charge in [0.1, 0.15) is 0 Å². The van der Waals surface area contributed by atoms with E-state index in [2.05, 4.69) is 35.8 Å². The summed E-state index contributed by atoms with van der Waals surface area (Å²) < 4.78 is 4.97. The number of ether oxygens (including phenoxy) is 1. The molecule has 0 aliphatic carbocycles. The Hall–Kier alpha value is -2.08. The smallest absolute Gasteiger partial charge is 0.317 e. The predicted octanol–water partition coefficient (Wildman–Crippen LogP) is 2.24. The second-order valence-electron chi connectivity index (χ2n) is 6.48. The van der Waals surface area contributed by atoms with E-state index in [0.29, 0.717) is 26.2 Å². The summed E-state index contributed by atoms with van der Waals surface area (Å²) in [6.07, 6.45) is 1.55. The zero-order valence-corrected chi connectivity index (χ0v) is 15.4. The lowest BCUT2D eigenvalue weighted by Crippen LogP contribution is -2.50. The van der Waals surface area contributed by atoms with Crippen molar-refractivity contribution >= 4 is 11.9 Å². The lowest BCUT2D eigenvalue weighted by Gasteiger charge is -2.39. The number of aryl methyl sites for hydroxylation is 1. The van der Waals surface area contributed by atoms with Crippen molar-refractivity contribution in [2.45, 2.75) is 32.7 Å². The maximum absolute atomic E-state index is 12.6. The van der Waals surface area contributed by atoms with Crippen molar-refractivity contribution in [1.82, 2.24) is 15.5 Å². The van der Waals surface area contributed by atoms with Crippen LogP contribution in [-0.4, -0.2) is 50.2 Å². The van der Waals surface area contributed by atoms with Crippen molar-refractivity contribution in [1.29, 1.82) is 0 Å². The molecule has 1 fully saturated rings. The number of nitrogens with one attached hydrogen (secondary N) is 2. The average molecular weight is 347 g/mol. The molecule has 2 atom stereocenters. The highest BCUT2D eigenvalue weighted by Crippen LogP contribution is 2.33. The number of carbonyl (C=O) groups is 2. The molecule has 138 valence electrons. The number of nitrogens with zero attached hydrogens (tertiary/aromatic N) is 1. The fraction of sp³-hybridized carbons (Fsp3) is 0.579. The van der Waals surface area contributed by atoms with E-state index in [4.69, 9.17) is 4.74 Å². The van der Waals surface area contributed by atoms with Crippen LogP contribution in [0.4, 0.5) is 4.79 Å². The summed E-state index contributed by atoms with van der Waals surface area (Å²) in [6.45, 7) is 5.94. The number of likely N-dealkylation sites (tertiary alicyclic amines) is 1. The second-order valence-corrected chi connectivity index (χ2v) is 6.48. The van der Waals surface area contributed by atoms with E-state index in [1.165, 1.54) is 5.56 Å². The van der Waals surface area contributed by atoms with E-state index in [9.17, 15) is 9.59 Å². The van der Waals surface area contributed by atoms with Crippen molar-refractivity contribution < 1.29 is 14.3 Å². The number of urea groups is 1. The third kappa shape index (κ3) is 5.19. The first-order valence-electron chi connectivity index (χ1n) is 8.94. The molecule has 0 saturated carbocycles. The van der Waals surface area contributed by atoms with E-state index < -0.39 is 0 Å². The van der Waals surface area contributed by atoms with Gasteiger partial charge in [0.05, 0.1) is 18.6 Å². The van der Waals surface area contributed by atoms with E-state index in [1.807, 2.05) is 17.9 Å². The van der Waals surface area contributed by atoms with Crippen molar-refractivity contribution in [2.24, 2.45) is 5.92 Å². The maximum Gasteiger partial charge on any atom is 0.317 e. The molecule has 1 aliphatic rings. The lowest BCUT2D eigenvalue weighted by molar-refractivity contribution is -0.127. The number of amides is 3. The minimum Gasteiger partial charge on any atom is -0.383 e. The van der Waals surface area contributed by atoms with E-state index in [1.54, 1.807) is 7.11 Å². The Bertz CT molecular complexity index is 591. The van der Waals surface area contributed by atoms with Crippen LogP contribution in [0.5, 0.6) is 0 Å².